The van der Waals surface area contributed by atoms with E-state index in [4.69, 9.17) is 14.7 Å². The first-order chi connectivity index (χ1) is 15.6. The molecule has 6 nitrogen and oxygen atoms in total. The molecule has 2 aliphatic rings. The minimum Gasteiger partial charge on any atom is -0.382 e. The molecule has 33 heavy (non-hydrogen) atoms. The van der Waals surface area contributed by atoms with Gasteiger partial charge in [0.1, 0.15) is 0 Å². The Morgan fingerprint density at radius 3 is 2.55 bits per heavy atom. The van der Waals surface area contributed by atoms with Gasteiger partial charge in [0.25, 0.3) is 0 Å². The number of amides is 1. The van der Waals surface area contributed by atoms with Gasteiger partial charge in [-0.15, -0.1) is 0 Å². The first-order valence-electron chi connectivity index (χ1n) is 11.3. The standard InChI is InChI=1S/C24H32F3N3O3/c1-17(2)22(31)30-14-19(15-33-11-10-32-3)23(16-30)6-8-29(9-7-23)20-5-4-18(13-28)21(12-20)24(25,26)27/h4-5,12,17,19H,6-11,14-16H2,1-3H3. The SMILES string of the molecule is COCCOCC1CN(C(=O)C(C)C)CC12CCN(c1ccc(C#N)c(C(F)(F)F)c1)CC2. The minimum atomic E-state index is -4.58. The molecule has 3 rings (SSSR count). The summed E-state index contributed by atoms with van der Waals surface area (Å²) in [7, 11) is 1.62. The number of hydrogen-bond donors (Lipinski definition) is 0. The monoisotopic (exact) mass is 467 g/mol. The number of nitrogens with zero attached hydrogens (tertiary/aromatic N) is 3. The van der Waals surface area contributed by atoms with Crippen LogP contribution in [0.4, 0.5) is 18.9 Å². The molecule has 1 aromatic carbocycles. The maximum absolute atomic E-state index is 13.4. The molecule has 0 bridgehead atoms. The van der Waals surface area contributed by atoms with E-state index in [9.17, 15) is 18.0 Å². The van der Waals surface area contributed by atoms with E-state index < -0.39 is 11.7 Å². The van der Waals surface area contributed by atoms with Crippen LogP contribution in [0.25, 0.3) is 0 Å². The van der Waals surface area contributed by atoms with E-state index in [1.54, 1.807) is 19.2 Å². The van der Waals surface area contributed by atoms with Gasteiger partial charge in [-0.05, 0) is 36.5 Å². The molecule has 1 atom stereocenters. The zero-order valence-corrected chi connectivity index (χ0v) is 19.5. The summed E-state index contributed by atoms with van der Waals surface area (Å²) < 4.78 is 51.1. The van der Waals surface area contributed by atoms with Gasteiger partial charge >= 0.3 is 6.18 Å². The quantitative estimate of drug-likeness (QED) is 0.569. The number of alkyl halides is 3. The summed E-state index contributed by atoms with van der Waals surface area (Å²) in [5.74, 6) is 0.207. The predicted molar refractivity (Wildman–Crippen MR) is 118 cm³/mol. The van der Waals surface area contributed by atoms with Crippen molar-refractivity contribution in [1.29, 1.82) is 5.26 Å². The maximum Gasteiger partial charge on any atom is 0.417 e. The van der Waals surface area contributed by atoms with Gasteiger partial charge in [0.15, 0.2) is 0 Å². The van der Waals surface area contributed by atoms with Crippen molar-refractivity contribution >= 4 is 11.6 Å². The number of piperidine rings is 1. The number of likely N-dealkylation sites (tertiary alicyclic amines) is 1. The van der Waals surface area contributed by atoms with Gasteiger partial charge in [-0.25, -0.2) is 0 Å². The number of carbonyl (C=O) groups is 1. The predicted octanol–water partition coefficient (Wildman–Crippen LogP) is 3.94. The lowest BCUT2D eigenvalue weighted by Crippen LogP contribution is -2.45. The molecule has 0 aromatic heterocycles. The number of rotatable bonds is 7. The number of methoxy groups -OCH3 is 1. The van der Waals surface area contributed by atoms with Crippen LogP contribution in [0.5, 0.6) is 0 Å². The van der Waals surface area contributed by atoms with Gasteiger partial charge < -0.3 is 19.3 Å². The molecule has 1 aromatic rings. The van der Waals surface area contributed by atoms with Crippen molar-refractivity contribution in [2.45, 2.75) is 32.9 Å². The molecular formula is C24H32F3N3O3. The molecule has 2 heterocycles. The topological polar surface area (TPSA) is 65.8 Å². The summed E-state index contributed by atoms with van der Waals surface area (Å²) in [6, 6.07) is 5.53. The Hall–Kier alpha value is -2.31. The smallest absolute Gasteiger partial charge is 0.382 e. The van der Waals surface area contributed by atoms with Gasteiger partial charge in [0.05, 0.1) is 37.0 Å². The Bertz CT molecular complexity index is 874. The lowest BCUT2D eigenvalue weighted by atomic mass is 9.71. The summed E-state index contributed by atoms with van der Waals surface area (Å²) in [5, 5.41) is 9.05. The average molecular weight is 468 g/mol. The largest absolute Gasteiger partial charge is 0.417 e. The van der Waals surface area contributed by atoms with E-state index in [-0.39, 0.29) is 28.7 Å². The molecule has 0 aliphatic carbocycles. The van der Waals surface area contributed by atoms with Crippen LogP contribution in [-0.2, 0) is 20.4 Å². The number of halogens is 3. The van der Waals surface area contributed by atoms with Crippen molar-refractivity contribution in [3.8, 4) is 6.07 Å². The van der Waals surface area contributed by atoms with E-state index in [2.05, 4.69) is 0 Å². The van der Waals surface area contributed by atoms with E-state index in [0.29, 0.717) is 51.7 Å². The van der Waals surface area contributed by atoms with E-state index >= 15 is 0 Å². The number of nitriles is 1. The molecule has 0 saturated carbocycles. The van der Waals surface area contributed by atoms with Gasteiger partial charge in [-0.1, -0.05) is 13.8 Å². The summed E-state index contributed by atoms with van der Waals surface area (Å²) in [5.41, 5.74) is -0.918. The third-order valence-corrected chi connectivity index (χ3v) is 6.92. The lowest BCUT2D eigenvalue weighted by Gasteiger charge is -2.43. The summed E-state index contributed by atoms with van der Waals surface area (Å²) in [6.45, 7) is 7.76. The fourth-order valence-corrected chi connectivity index (χ4v) is 5.00. The number of ether oxygens (including phenoxy) is 2. The molecule has 2 fully saturated rings. The fourth-order valence-electron chi connectivity index (χ4n) is 5.00. The second kappa shape index (κ2) is 10.3. The van der Waals surface area contributed by atoms with Gasteiger partial charge in [0.2, 0.25) is 5.91 Å². The minimum absolute atomic E-state index is 0.0882. The van der Waals surface area contributed by atoms with E-state index in [1.165, 1.54) is 6.07 Å². The Balaban J connectivity index is 1.75. The summed E-state index contributed by atoms with van der Waals surface area (Å²) in [4.78, 5) is 16.6. The average Bonchev–Trinajstić information content (AvgIpc) is 3.13. The second-order valence-electron chi connectivity index (χ2n) is 9.33. The Kier molecular flexibility index (Phi) is 7.91. The maximum atomic E-state index is 13.4. The van der Waals surface area contributed by atoms with Gasteiger partial charge in [0, 0.05) is 50.8 Å². The van der Waals surface area contributed by atoms with Crippen molar-refractivity contribution in [1.82, 2.24) is 4.90 Å². The first kappa shape index (κ1) is 25.3. The molecule has 9 heteroatoms. The number of benzene rings is 1. The van der Waals surface area contributed by atoms with Crippen molar-refractivity contribution < 1.29 is 27.4 Å². The third kappa shape index (κ3) is 5.61. The Morgan fingerprint density at radius 1 is 1.27 bits per heavy atom. The highest BCUT2D eigenvalue weighted by atomic mass is 19.4. The molecule has 182 valence electrons. The molecular weight excluding hydrogens is 435 g/mol. The van der Waals surface area contributed by atoms with Crippen LogP contribution in [0.3, 0.4) is 0 Å². The number of anilines is 1. The zero-order chi connectivity index (χ0) is 24.2. The van der Waals surface area contributed by atoms with Crippen molar-refractivity contribution in [3.05, 3.63) is 29.3 Å². The molecule has 2 aliphatic heterocycles. The van der Waals surface area contributed by atoms with Crippen LogP contribution in [0.15, 0.2) is 18.2 Å². The van der Waals surface area contributed by atoms with Gasteiger partial charge in [-0.2, -0.15) is 18.4 Å². The van der Waals surface area contributed by atoms with Crippen molar-refractivity contribution in [3.63, 3.8) is 0 Å². The fraction of sp³-hybridized carbons (Fsp3) is 0.667. The van der Waals surface area contributed by atoms with Crippen LogP contribution >= 0.6 is 0 Å². The van der Waals surface area contributed by atoms with Crippen molar-refractivity contribution in [2.24, 2.45) is 17.3 Å². The summed E-state index contributed by atoms with van der Waals surface area (Å²) >= 11 is 0. The van der Waals surface area contributed by atoms with Crippen molar-refractivity contribution in [2.75, 3.05) is 58.0 Å². The molecule has 0 radical (unpaired) electrons. The Labute approximate surface area is 193 Å². The highest BCUT2D eigenvalue weighted by Gasteiger charge is 2.49. The molecule has 2 saturated heterocycles. The number of carbonyl (C=O) groups excluding carboxylic acids is 1. The van der Waals surface area contributed by atoms with Crippen LogP contribution in [0.2, 0.25) is 0 Å². The highest BCUT2D eigenvalue weighted by molar-refractivity contribution is 5.78. The second-order valence-corrected chi connectivity index (χ2v) is 9.33. The highest BCUT2D eigenvalue weighted by Crippen LogP contribution is 2.46. The van der Waals surface area contributed by atoms with Crippen LogP contribution in [0.1, 0.15) is 37.8 Å². The normalized spacial score (nSPS) is 20.5. The third-order valence-electron chi connectivity index (χ3n) is 6.92. The lowest BCUT2D eigenvalue weighted by molar-refractivity contribution is -0.137. The molecule has 1 unspecified atom stereocenters. The van der Waals surface area contributed by atoms with Crippen LogP contribution in [-0.4, -0.2) is 63.9 Å². The Morgan fingerprint density at radius 2 is 1.97 bits per heavy atom. The van der Waals surface area contributed by atoms with Crippen LogP contribution in [0, 0.1) is 28.6 Å². The van der Waals surface area contributed by atoms with E-state index in [0.717, 1.165) is 18.9 Å². The molecule has 1 spiro atoms. The number of hydrogen-bond acceptors (Lipinski definition) is 5. The molecule has 0 N–H and O–H groups in total. The zero-order valence-electron chi connectivity index (χ0n) is 19.5. The van der Waals surface area contributed by atoms with Crippen LogP contribution < -0.4 is 4.90 Å². The van der Waals surface area contributed by atoms with Gasteiger partial charge in [-0.3, -0.25) is 4.79 Å². The molecule has 1 amide bonds. The first-order valence-corrected chi connectivity index (χ1v) is 11.3. The van der Waals surface area contributed by atoms with E-state index in [1.807, 2.05) is 23.6 Å². The summed E-state index contributed by atoms with van der Waals surface area (Å²) in [6.07, 6.45) is -3.06.